The van der Waals surface area contributed by atoms with Crippen molar-refractivity contribution in [2.24, 2.45) is 17.6 Å². The van der Waals surface area contributed by atoms with Crippen LogP contribution in [0.2, 0.25) is 0 Å². The van der Waals surface area contributed by atoms with Crippen molar-refractivity contribution in [2.45, 2.75) is 57.8 Å². The second kappa shape index (κ2) is 8.66. The van der Waals surface area contributed by atoms with E-state index >= 15 is 0 Å². The van der Waals surface area contributed by atoms with E-state index < -0.39 is 21.3 Å². The molecule has 0 saturated heterocycles. The van der Waals surface area contributed by atoms with Crippen LogP contribution in [0.5, 0.6) is 0 Å². The zero-order valence-corrected chi connectivity index (χ0v) is 18.8. The summed E-state index contributed by atoms with van der Waals surface area (Å²) in [6.45, 7) is 9.83. The van der Waals surface area contributed by atoms with Crippen LogP contribution in [-0.4, -0.2) is 14.3 Å². The van der Waals surface area contributed by atoms with Gasteiger partial charge in [0.2, 0.25) is 5.91 Å². The topological polar surface area (TPSA) is 89.3 Å². The third kappa shape index (κ3) is 4.10. The molecule has 0 aliphatic heterocycles. The highest BCUT2D eigenvalue weighted by molar-refractivity contribution is 7.92. The van der Waals surface area contributed by atoms with Gasteiger partial charge in [0.05, 0.1) is 16.0 Å². The number of amides is 1. The third-order valence-electron chi connectivity index (χ3n) is 5.35. The van der Waals surface area contributed by atoms with E-state index in [1.165, 1.54) is 11.3 Å². The fraction of sp³-hybridized carbons (Fsp3) is 0.476. The summed E-state index contributed by atoms with van der Waals surface area (Å²) < 4.78 is 28.5. The molecule has 28 heavy (non-hydrogen) atoms. The second-order valence-electron chi connectivity index (χ2n) is 7.74. The van der Waals surface area contributed by atoms with Crippen LogP contribution < -0.4 is 10.5 Å². The maximum Gasteiger partial charge on any atom is 0.261 e. The van der Waals surface area contributed by atoms with Crippen molar-refractivity contribution in [3.8, 4) is 0 Å². The van der Waals surface area contributed by atoms with Gasteiger partial charge in [-0.25, -0.2) is 8.42 Å². The first-order valence-corrected chi connectivity index (χ1v) is 12.0. The molecule has 5 nitrogen and oxygen atoms in total. The fourth-order valence-corrected chi connectivity index (χ4v) is 6.01. The number of hydrogen-bond acceptors (Lipinski definition) is 4. The van der Waals surface area contributed by atoms with Crippen LogP contribution in [0, 0.1) is 11.8 Å². The molecule has 1 aromatic carbocycles. The summed E-state index contributed by atoms with van der Waals surface area (Å²) in [6.07, 6.45) is 1.91. The van der Waals surface area contributed by atoms with E-state index in [1.807, 2.05) is 45.2 Å². The van der Waals surface area contributed by atoms with Crippen molar-refractivity contribution in [2.75, 3.05) is 4.72 Å². The first-order chi connectivity index (χ1) is 13.1. The van der Waals surface area contributed by atoms with Gasteiger partial charge in [0, 0.05) is 10.9 Å². The molecule has 0 unspecified atom stereocenters. The van der Waals surface area contributed by atoms with Gasteiger partial charge in [-0.15, -0.1) is 11.3 Å². The maximum atomic E-state index is 12.9. The van der Waals surface area contributed by atoms with Gasteiger partial charge < -0.3 is 5.73 Å². The highest BCUT2D eigenvalue weighted by Crippen LogP contribution is 2.44. The largest absolute Gasteiger partial charge is 0.369 e. The molecule has 154 valence electrons. The lowest BCUT2D eigenvalue weighted by atomic mass is 9.64. The number of nitrogens with two attached hydrogens (primary N) is 1. The number of nitrogens with one attached hydrogen (secondary N) is 1. The number of anilines is 1. The summed E-state index contributed by atoms with van der Waals surface area (Å²) in [7, 11) is -3.77. The van der Waals surface area contributed by atoms with Crippen LogP contribution in [0.1, 0.15) is 52.2 Å². The molecule has 7 heteroatoms. The Labute approximate surface area is 172 Å². The fourth-order valence-electron chi connectivity index (χ4n) is 4.01. The van der Waals surface area contributed by atoms with E-state index in [1.54, 1.807) is 17.5 Å². The molecular formula is C21H30N2O3S2. The van der Waals surface area contributed by atoms with Crippen molar-refractivity contribution < 1.29 is 13.2 Å². The van der Waals surface area contributed by atoms with Gasteiger partial charge >= 0.3 is 0 Å². The molecule has 2 rings (SSSR count). The number of benzene rings is 1. The van der Waals surface area contributed by atoms with Crippen molar-refractivity contribution in [3.63, 3.8) is 0 Å². The minimum absolute atomic E-state index is 0.0869. The highest BCUT2D eigenvalue weighted by atomic mass is 32.2. The van der Waals surface area contributed by atoms with Gasteiger partial charge in [-0.2, -0.15) is 0 Å². The molecule has 2 aromatic rings. The average molecular weight is 423 g/mol. The van der Waals surface area contributed by atoms with Crippen LogP contribution in [0.3, 0.4) is 0 Å². The quantitative estimate of drug-likeness (QED) is 0.622. The van der Waals surface area contributed by atoms with E-state index in [0.717, 1.165) is 18.4 Å². The van der Waals surface area contributed by atoms with E-state index in [-0.39, 0.29) is 16.7 Å². The Kier molecular flexibility index (Phi) is 6.93. The van der Waals surface area contributed by atoms with Crippen molar-refractivity contribution in [1.82, 2.24) is 0 Å². The van der Waals surface area contributed by atoms with Crippen LogP contribution >= 0.6 is 11.3 Å². The molecule has 1 amide bonds. The first kappa shape index (κ1) is 22.4. The number of aryl methyl sites for hydroxylation is 1. The molecule has 0 spiro atoms. The molecule has 0 fully saturated rings. The predicted octanol–water partition coefficient (Wildman–Crippen LogP) is 4.54. The van der Waals surface area contributed by atoms with Crippen molar-refractivity contribution >= 4 is 33.0 Å². The summed E-state index contributed by atoms with van der Waals surface area (Å²) in [5.74, 6) is -0.618. The van der Waals surface area contributed by atoms with Crippen LogP contribution in [0.4, 0.5) is 5.69 Å². The van der Waals surface area contributed by atoms with Crippen LogP contribution in [-0.2, 0) is 26.7 Å². The summed E-state index contributed by atoms with van der Waals surface area (Å²) in [4.78, 5) is 12.7. The van der Waals surface area contributed by atoms with E-state index in [0.29, 0.717) is 11.3 Å². The molecule has 0 aliphatic rings. The lowest BCUT2D eigenvalue weighted by Gasteiger charge is -2.39. The Morgan fingerprint density at radius 2 is 1.68 bits per heavy atom. The maximum absolute atomic E-state index is 12.9. The number of rotatable bonds is 9. The number of carbonyl (C=O) groups is 1. The van der Waals surface area contributed by atoms with E-state index in [9.17, 15) is 13.2 Å². The molecule has 0 radical (unpaired) electrons. The Morgan fingerprint density at radius 1 is 1.11 bits per heavy atom. The Morgan fingerprint density at radius 3 is 2.14 bits per heavy atom. The third-order valence-corrected chi connectivity index (χ3v) is 7.48. The number of hydrogen-bond donors (Lipinski definition) is 2. The Hall–Kier alpha value is -1.86. The Balaban J connectivity index is 2.46. The molecule has 1 heterocycles. The summed E-state index contributed by atoms with van der Waals surface area (Å²) in [6, 6.07) is 6.91. The smallest absolute Gasteiger partial charge is 0.261 e. The standard InChI is InChI=1S/C21H30N2O3S2/c1-6-7-16-8-10-17(11-9-16)28(25,26)23-19-13-27-12-18(19)21(14(2)3,15(4)5)20(22)24/h8-15,23H,6-7H2,1-5H3,(H2,22,24). The number of primary amides is 1. The van der Waals surface area contributed by atoms with Gasteiger partial charge in [0.1, 0.15) is 0 Å². The minimum Gasteiger partial charge on any atom is -0.369 e. The number of carbonyl (C=O) groups excluding carboxylic acids is 1. The molecule has 3 N–H and O–H groups in total. The molecule has 0 atom stereocenters. The summed E-state index contributed by atoms with van der Waals surface area (Å²) in [5.41, 5.74) is 7.05. The monoisotopic (exact) mass is 422 g/mol. The van der Waals surface area contributed by atoms with Crippen molar-refractivity contribution in [3.05, 3.63) is 46.2 Å². The van der Waals surface area contributed by atoms with Gasteiger partial charge in [0.25, 0.3) is 10.0 Å². The minimum atomic E-state index is -3.77. The molecule has 1 aromatic heterocycles. The van der Waals surface area contributed by atoms with Gasteiger partial charge in [-0.3, -0.25) is 9.52 Å². The lowest BCUT2D eigenvalue weighted by Crippen LogP contribution is -2.49. The highest BCUT2D eigenvalue weighted by Gasteiger charge is 2.46. The predicted molar refractivity (Wildman–Crippen MR) is 116 cm³/mol. The van der Waals surface area contributed by atoms with E-state index in [4.69, 9.17) is 5.73 Å². The first-order valence-electron chi connectivity index (χ1n) is 9.55. The molecule has 0 saturated carbocycles. The average Bonchev–Trinajstić information content (AvgIpc) is 3.03. The van der Waals surface area contributed by atoms with Gasteiger partial charge in [-0.05, 0) is 41.3 Å². The molecule has 0 aliphatic carbocycles. The van der Waals surface area contributed by atoms with Crippen molar-refractivity contribution in [1.29, 1.82) is 0 Å². The lowest BCUT2D eigenvalue weighted by molar-refractivity contribution is -0.127. The molecule has 0 bridgehead atoms. The number of thiophene rings is 1. The van der Waals surface area contributed by atoms with Crippen LogP contribution in [0.15, 0.2) is 39.9 Å². The van der Waals surface area contributed by atoms with E-state index in [2.05, 4.69) is 11.6 Å². The number of sulfonamides is 1. The second-order valence-corrected chi connectivity index (χ2v) is 10.2. The molecular weight excluding hydrogens is 392 g/mol. The van der Waals surface area contributed by atoms with Gasteiger partial charge in [-0.1, -0.05) is 53.2 Å². The SMILES string of the molecule is CCCc1ccc(S(=O)(=O)Nc2cscc2C(C(N)=O)(C(C)C)C(C)C)cc1. The summed E-state index contributed by atoms with van der Waals surface area (Å²) >= 11 is 1.36. The zero-order valence-electron chi connectivity index (χ0n) is 17.2. The van der Waals surface area contributed by atoms with Crippen LogP contribution in [0.25, 0.3) is 0 Å². The normalized spacial score (nSPS) is 12.5. The summed E-state index contributed by atoms with van der Waals surface area (Å²) in [5, 5.41) is 3.55. The zero-order chi connectivity index (χ0) is 21.1. The Bertz CT molecular complexity index is 905. The van der Waals surface area contributed by atoms with Gasteiger partial charge in [0.15, 0.2) is 0 Å².